The molecule has 0 saturated carbocycles. The number of sulfonamides is 1. The summed E-state index contributed by atoms with van der Waals surface area (Å²) in [5, 5.41) is 6.18. The van der Waals surface area contributed by atoms with Crippen molar-refractivity contribution in [3.8, 4) is 0 Å². The number of amides is 1. The maximum absolute atomic E-state index is 12.5. The quantitative estimate of drug-likeness (QED) is 0.721. The van der Waals surface area contributed by atoms with Crippen molar-refractivity contribution in [3.05, 3.63) is 17.0 Å². The molecule has 2 aliphatic rings. The van der Waals surface area contributed by atoms with Gasteiger partial charge < -0.3 is 10.6 Å². The Labute approximate surface area is 146 Å². The van der Waals surface area contributed by atoms with Crippen molar-refractivity contribution in [2.24, 2.45) is 0 Å². The van der Waals surface area contributed by atoms with Crippen LogP contribution in [0.3, 0.4) is 0 Å². The van der Waals surface area contributed by atoms with Gasteiger partial charge in [0.15, 0.2) is 0 Å². The number of carbonyl (C=O) groups is 1. The topological polar surface area (TPSA) is 87.3 Å². The third-order valence-corrected chi connectivity index (χ3v) is 7.31. The highest BCUT2D eigenvalue weighted by Crippen LogP contribution is 2.28. The predicted molar refractivity (Wildman–Crippen MR) is 92.4 cm³/mol. The molecule has 3 rings (SSSR count). The summed E-state index contributed by atoms with van der Waals surface area (Å²) in [5.74, 6) is -0.124. The molecular weight excluding hydrogens is 358 g/mol. The van der Waals surface area contributed by atoms with E-state index < -0.39 is 10.0 Å². The first kappa shape index (κ1) is 18.7. The summed E-state index contributed by atoms with van der Waals surface area (Å²) < 4.78 is 28.1. The zero-order chi connectivity index (χ0) is 15.7. The monoisotopic (exact) mass is 379 g/mol. The number of hydrogen-bond acceptors (Lipinski definition) is 5. The van der Waals surface area contributed by atoms with Crippen LogP contribution in [-0.2, 0) is 21.4 Å². The van der Waals surface area contributed by atoms with Crippen LogP contribution in [0.5, 0.6) is 0 Å². The molecule has 1 aromatic heterocycles. The summed E-state index contributed by atoms with van der Waals surface area (Å²) in [4.78, 5) is 11.7. The van der Waals surface area contributed by atoms with Gasteiger partial charge in [-0.15, -0.1) is 23.7 Å². The van der Waals surface area contributed by atoms with Crippen molar-refractivity contribution >= 4 is 39.7 Å². The van der Waals surface area contributed by atoms with E-state index in [9.17, 15) is 13.2 Å². The Kier molecular flexibility index (Phi) is 6.07. The molecule has 1 aromatic rings. The molecule has 23 heavy (non-hydrogen) atoms. The minimum Gasteiger partial charge on any atom is -0.351 e. The van der Waals surface area contributed by atoms with Crippen LogP contribution in [0.4, 0.5) is 0 Å². The minimum atomic E-state index is -3.47. The van der Waals surface area contributed by atoms with E-state index in [2.05, 4.69) is 15.4 Å². The summed E-state index contributed by atoms with van der Waals surface area (Å²) in [6.45, 7) is 1.81. The molecule has 6 nitrogen and oxygen atoms in total. The molecule has 130 valence electrons. The Balaban J connectivity index is 0.00000192. The van der Waals surface area contributed by atoms with Crippen LogP contribution in [0, 0.1) is 0 Å². The van der Waals surface area contributed by atoms with Crippen molar-refractivity contribution in [1.29, 1.82) is 0 Å². The van der Waals surface area contributed by atoms with Gasteiger partial charge in [0, 0.05) is 29.9 Å². The number of fused-ring (bicyclic) bond motifs is 2. The SMILES string of the molecule is CC(=O)NCc1ccc(S(=O)(=O)NC2CC3CCC(C2)N3)s1.Cl. The van der Waals surface area contributed by atoms with Gasteiger partial charge in [0.2, 0.25) is 15.9 Å². The largest absolute Gasteiger partial charge is 0.351 e. The van der Waals surface area contributed by atoms with Gasteiger partial charge in [0.1, 0.15) is 4.21 Å². The van der Waals surface area contributed by atoms with Crippen molar-refractivity contribution in [1.82, 2.24) is 15.4 Å². The minimum absolute atomic E-state index is 0. The third-order valence-electron chi connectivity index (χ3n) is 4.21. The van der Waals surface area contributed by atoms with Crippen molar-refractivity contribution in [3.63, 3.8) is 0 Å². The second-order valence-corrected chi connectivity index (χ2v) is 9.17. The van der Waals surface area contributed by atoms with Crippen LogP contribution in [0.15, 0.2) is 16.3 Å². The molecule has 3 heterocycles. The molecule has 0 aliphatic carbocycles. The van der Waals surface area contributed by atoms with Crippen LogP contribution in [0.2, 0.25) is 0 Å². The lowest BCUT2D eigenvalue weighted by atomic mass is 10.0. The van der Waals surface area contributed by atoms with E-state index in [0.717, 1.165) is 30.6 Å². The number of rotatable bonds is 5. The predicted octanol–water partition coefficient (Wildman–Crippen LogP) is 1.37. The smallest absolute Gasteiger partial charge is 0.250 e. The van der Waals surface area contributed by atoms with Crippen molar-refractivity contribution in [2.45, 2.75) is 61.5 Å². The fourth-order valence-corrected chi connectivity index (χ4v) is 5.81. The number of nitrogens with one attached hydrogen (secondary N) is 3. The summed E-state index contributed by atoms with van der Waals surface area (Å²) in [7, 11) is -3.47. The van der Waals surface area contributed by atoms with E-state index in [-0.39, 0.29) is 24.4 Å². The third kappa shape index (κ3) is 4.67. The average molecular weight is 380 g/mol. The molecule has 2 fully saturated rings. The molecule has 3 N–H and O–H groups in total. The Morgan fingerprint density at radius 3 is 2.57 bits per heavy atom. The molecule has 2 bridgehead atoms. The van der Waals surface area contributed by atoms with Gasteiger partial charge in [0.25, 0.3) is 0 Å². The van der Waals surface area contributed by atoms with Gasteiger partial charge >= 0.3 is 0 Å². The zero-order valence-electron chi connectivity index (χ0n) is 12.9. The van der Waals surface area contributed by atoms with Gasteiger partial charge in [-0.1, -0.05) is 0 Å². The first-order valence-electron chi connectivity index (χ1n) is 7.54. The van der Waals surface area contributed by atoms with E-state index >= 15 is 0 Å². The summed E-state index contributed by atoms with van der Waals surface area (Å²) in [6.07, 6.45) is 4.01. The molecule has 1 amide bonds. The standard InChI is InChI=1S/C14H21N3O3S2.ClH/c1-9(18)15-8-13-4-5-14(21-13)22(19,20)17-12-6-10-2-3-11(7-12)16-10;/h4-5,10-12,16-17H,2-3,6-8H2,1H3,(H,15,18);1H. The van der Waals surface area contributed by atoms with Crippen LogP contribution in [0.1, 0.15) is 37.5 Å². The van der Waals surface area contributed by atoms with Crippen LogP contribution in [-0.4, -0.2) is 32.5 Å². The second-order valence-electron chi connectivity index (χ2n) is 6.06. The maximum atomic E-state index is 12.5. The summed E-state index contributed by atoms with van der Waals surface area (Å²) in [5.41, 5.74) is 0. The molecule has 2 aliphatic heterocycles. The van der Waals surface area contributed by atoms with Gasteiger partial charge in [0.05, 0.1) is 6.54 Å². The van der Waals surface area contributed by atoms with E-state index in [1.54, 1.807) is 12.1 Å². The van der Waals surface area contributed by atoms with Gasteiger partial charge in [-0.05, 0) is 37.8 Å². The van der Waals surface area contributed by atoms with Gasteiger partial charge in [-0.25, -0.2) is 13.1 Å². The molecule has 0 spiro atoms. The van der Waals surface area contributed by atoms with Gasteiger partial charge in [-0.2, -0.15) is 0 Å². The first-order valence-corrected chi connectivity index (χ1v) is 9.84. The van der Waals surface area contributed by atoms with E-state index in [0.29, 0.717) is 22.8 Å². The molecule has 0 radical (unpaired) electrons. The van der Waals surface area contributed by atoms with E-state index in [1.165, 1.54) is 18.3 Å². The van der Waals surface area contributed by atoms with Crippen LogP contribution < -0.4 is 15.4 Å². The molecule has 0 aromatic carbocycles. The van der Waals surface area contributed by atoms with Gasteiger partial charge in [-0.3, -0.25) is 4.79 Å². The normalized spacial score (nSPS) is 26.6. The Bertz CT molecular complexity index is 650. The lowest BCUT2D eigenvalue weighted by Crippen LogP contribution is -2.47. The lowest BCUT2D eigenvalue weighted by molar-refractivity contribution is -0.119. The highest BCUT2D eigenvalue weighted by molar-refractivity contribution is 7.91. The molecule has 2 atom stereocenters. The number of thiophene rings is 1. The Morgan fingerprint density at radius 1 is 1.30 bits per heavy atom. The molecule has 9 heteroatoms. The Morgan fingerprint density at radius 2 is 1.96 bits per heavy atom. The zero-order valence-corrected chi connectivity index (χ0v) is 15.3. The highest BCUT2D eigenvalue weighted by atomic mass is 35.5. The van der Waals surface area contributed by atoms with Crippen LogP contribution in [0.25, 0.3) is 0 Å². The Hall–Kier alpha value is -0.670. The molecular formula is C14H22ClN3O3S2. The highest BCUT2D eigenvalue weighted by Gasteiger charge is 2.35. The number of hydrogen-bond donors (Lipinski definition) is 3. The number of piperidine rings is 1. The number of halogens is 1. The summed E-state index contributed by atoms with van der Waals surface area (Å²) in [6, 6.07) is 4.28. The number of carbonyl (C=O) groups excluding carboxylic acids is 1. The average Bonchev–Trinajstić information content (AvgIpc) is 3.03. The van der Waals surface area contributed by atoms with E-state index in [4.69, 9.17) is 0 Å². The molecule has 2 saturated heterocycles. The summed E-state index contributed by atoms with van der Waals surface area (Å²) >= 11 is 1.21. The fraction of sp³-hybridized carbons (Fsp3) is 0.643. The van der Waals surface area contributed by atoms with Crippen LogP contribution >= 0.6 is 23.7 Å². The second kappa shape index (κ2) is 7.48. The lowest BCUT2D eigenvalue weighted by Gasteiger charge is -2.29. The maximum Gasteiger partial charge on any atom is 0.250 e. The van der Waals surface area contributed by atoms with Crippen molar-refractivity contribution < 1.29 is 13.2 Å². The molecule has 2 unspecified atom stereocenters. The first-order chi connectivity index (χ1) is 10.4. The van der Waals surface area contributed by atoms with Crippen molar-refractivity contribution in [2.75, 3.05) is 0 Å². The fourth-order valence-electron chi connectivity index (χ4n) is 3.24. The van der Waals surface area contributed by atoms with E-state index in [1.807, 2.05) is 0 Å².